The number of carboxylic acid groups (broad SMARTS) is 1. The number of nitrogens with zero attached hydrogens (tertiary/aromatic N) is 1. The molecule has 36 heavy (non-hydrogen) atoms. The van der Waals surface area contributed by atoms with Crippen molar-refractivity contribution >= 4 is 12.0 Å². The van der Waals surface area contributed by atoms with Crippen LogP contribution in [0.1, 0.15) is 69.1 Å². The molecular formula is C29H40N2O5. The van der Waals surface area contributed by atoms with E-state index in [-0.39, 0.29) is 6.03 Å². The fourth-order valence-electron chi connectivity index (χ4n) is 4.82. The van der Waals surface area contributed by atoms with Crippen LogP contribution in [0.5, 0.6) is 11.5 Å². The van der Waals surface area contributed by atoms with E-state index in [0.29, 0.717) is 39.1 Å². The predicted molar refractivity (Wildman–Crippen MR) is 141 cm³/mol. The van der Waals surface area contributed by atoms with E-state index in [4.69, 9.17) is 9.47 Å². The molecule has 2 amide bonds. The lowest BCUT2D eigenvalue weighted by Crippen LogP contribution is -2.56. The summed E-state index contributed by atoms with van der Waals surface area (Å²) in [7, 11) is 0. The van der Waals surface area contributed by atoms with Gasteiger partial charge in [0, 0.05) is 18.7 Å². The van der Waals surface area contributed by atoms with Crippen LogP contribution in [0.2, 0.25) is 0 Å². The van der Waals surface area contributed by atoms with Crippen LogP contribution >= 0.6 is 0 Å². The number of amides is 2. The molecule has 0 radical (unpaired) electrons. The molecule has 0 spiro atoms. The fourth-order valence-corrected chi connectivity index (χ4v) is 4.82. The van der Waals surface area contributed by atoms with Crippen molar-refractivity contribution in [2.24, 2.45) is 0 Å². The Morgan fingerprint density at radius 2 is 1.58 bits per heavy atom. The fraction of sp³-hybridized carbons (Fsp3) is 0.517. The van der Waals surface area contributed by atoms with E-state index < -0.39 is 11.5 Å². The van der Waals surface area contributed by atoms with E-state index in [0.717, 1.165) is 54.7 Å². The third-order valence-corrected chi connectivity index (χ3v) is 6.83. The van der Waals surface area contributed by atoms with Crippen molar-refractivity contribution in [1.82, 2.24) is 10.2 Å². The quantitative estimate of drug-likeness (QED) is 0.346. The minimum atomic E-state index is -1.18. The minimum Gasteiger partial charge on any atom is -0.493 e. The van der Waals surface area contributed by atoms with Crippen LogP contribution < -0.4 is 14.8 Å². The Labute approximate surface area is 214 Å². The van der Waals surface area contributed by atoms with Gasteiger partial charge in [-0.15, -0.1) is 0 Å². The summed E-state index contributed by atoms with van der Waals surface area (Å²) in [6.07, 6.45) is 5.20. The van der Waals surface area contributed by atoms with E-state index in [1.165, 1.54) is 5.56 Å². The molecule has 1 aliphatic rings. The normalized spacial score (nSPS) is 14.3. The average Bonchev–Trinajstić information content (AvgIpc) is 3.34. The molecule has 0 unspecified atom stereocenters. The van der Waals surface area contributed by atoms with Crippen LogP contribution in [0.4, 0.5) is 4.79 Å². The van der Waals surface area contributed by atoms with Gasteiger partial charge >= 0.3 is 12.0 Å². The van der Waals surface area contributed by atoms with E-state index in [1.54, 1.807) is 4.90 Å². The number of urea groups is 1. The molecule has 7 heteroatoms. The van der Waals surface area contributed by atoms with Crippen molar-refractivity contribution in [2.75, 3.05) is 19.8 Å². The number of carbonyl (C=O) groups excluding carboxylic acids is 1. The Balaban J connectivity index is 1.78. The van der Waals surface area contributed by atoms with Crippen molar-refractivity contribution in [3.8, 4) is 11.5 Å². The van der Waals surface area contributed by atoms with E-state index in [2.05, 4.69) is 17.4 Å². The van der Waals surface area contributed by atoms with Crippen molar-refractivity contribution in [3.63, 3.8) is 0 Å². The van der Waals surface area contributed by atoms with Gasteiger partial charge in [0.15, 0.2) is 0 Å². The van der Waals surface area contributed by atoms with E-state index >= 15 is 0 Å². The van der Waals surface area contributed by atoms with Crippen LogP contribution in [0.15, 0.2) is 42.5 Å². The molecule has 0 aromatic heterocycles. The standard InChI is InChI=1S/C29H40N2O5/c1-4-35-25-19-24(20-26(22(25)3)36-5-2)21-31(18-12-9-15-23-13-7-6-8-14-23)28(34)30-29(27(32)33)16-10-11-17-29/h6-8,13-14,19-20H,4-5,9-12,15-18,21H2,1-3H3,(H,30,34)(H,32,33). The lowest BCUT2D eigenvalue weighted by Gasteiger charge is -2.31. The Kier molecular flexibility index (Phi) is 10.0. The van der Waals surface area contributed by atoms with Crippen LogP contribution in [0, 0.1) is 6.92 Å². The zero-order valence-electron chi connectivity index (χ0n) is 21.8. The molecule has 2 N–H and O–H groups in total. The summed E-state index contributed by atoms with van der Waals surface area (Å²) in [5.41, 5.74) is 1.91. The summed E-state index contributed by atoms with van der Waals surface area (Å²) in [4.78, 5) is 27.2. The maximum atomic E-state index is 13.5. The van der Waals surface area contributed by atoms with Gasteiger partial charge in [-0.05, 0) is 76.1 Å². The van der Waals surface area contributed by atoms with Gasteiger partial charge in [-0.2, -0.15) is 0 Å². The van der Waals surface area contributed by atoms with Crippen molar-refractivity contribution in [2.45, 2.75) is 77.8 Å². The summed E-state index contributed by atoms with van der Waals surface area (Å²) in [5, 5.41) is 12.8. The highest BCUT2D eigenvalue weighted by Crippen LogP contribution is 2.32. The number of carboxylic acids is 1. The van der Waals surface area contributed by atoms with Crippen LogP contribution in [-0.4, -0.2) is 47.3 Å². The Bertz CT molecular complexity index is 975. The monoisotopic (exact) mass is 496 g/mol. The van der Waals surface area contributed by atoms with Gasteiger partial charge in [0.2, 0.25) is 0 Å². The number of hydrogen-bond acceptors (Lipinski definition) is 4. The number of rotatable bonds is 13. The van der Waals surface area contributed by atoms with Gasteiger partial charge in [0.25, 0.3) is 0 Å². The second-order valence-corrected chi connectivity index (χ2v) is 9.47. The maximum absolute atomic E-state index is 13.5. The van der Waals surface area contributed by atoms with Gasteiger partial charge < -0.3 is 24.8 Å². The predicted octanol–water partition coefficient (Wildman–Crippen LogP) is 5.72. The van der Waals surface area contributed by atoms with Crippen LogP contribution in [0.3, 0.4) is 0 Å². The third-order valence-electron chi connectivity index (χ3n) is 6.83. The molecule has 7 nitrogen and oxygen atoms in total. The smallest absolute Gasteiger partial charge is 0.329 e. The Morgan fingerprint density at radius 3 is 2.14 bits per heavy atom. The number of benzene rings is 2. The summed E-state index contributed by atoms with van der Waals surface area (Å²) in [5.74, 6) is 0.520. The number of hydrogen-bond donors (Lipinski definition) is 2. The van der Waals surface area contributed by atoms with Crippen molar-refractivity contribution in [3.05, 3.63) is 59.2 Å². The van der Waals surface area contributed by atoms with Gasteiger partial charge in [-0.25, -0.2) is 9.59 Å². The molecule has 0 saturated heterocycles. The average molecular weight is 497 g/mol. The first-order valence-corrected chi connectivity index (χ1v) is 13.1. The molecule has 0 heterocycles. The molecule has 0 bridgehead atoms. The van der Waals surface area contributed by atoms with Crippen LogP contribution in [-0.2, 0) is 17.8 Å². The number of ether oxygens (including phenoxy) is 2. The lowest BCUT2D eigenvalue weighted by molar-refractivity contribution is -0.144. The maximum Gasteiger partial charge on any atom is 0.329 e. The first-order chi connectivity index (χ1) is 17.4. The molecule has 3 rings (SSSR count). The molecule has 0 atom stereocenters. The molecule has 1 fully saturated rings. The van der Waals surface area contributed by atoms with Crippen molar-refractivity contribution < 1.29 is 24.2 Å². The highest BCUT2D eigenvalue weighted by atomic mass is 16.5. The highest BCUT2D eigenvalue weighted by molar-refractivity contribution is 5.86. The first-order valence-electron chi connectivity index (χ1n) is 13.1. The van der Waals surface area contributed by atoms with Crippen molar-refractivity contribution in [1.29, 1.82) is 0 Å². The summed E-state index contributed by atoms with van der Waals surface area (Å²) < 4.78 is 11.7. The molecule has 196 valence electrons. The topological polar surface area (TPSA) is 88.1 Å². The Hall–Kier alpha value is -3.22. The number of aryl methyl sites for hydroxylation is 1. The third kappa shape index (κ3) is 7.15. The van der Waals surface area contributed by atoms with Gasteiger partial charge in [-0.3, -0.25) is 0 Å². The van der Waals surface area contributed by atoms with Gasteiger partial charge in [-0.1, -0.05) is 43.2 Å². The largest absolute Gasteiger partial charge is 0.493 e. The molecule has 2 aromatic carbocycles. The zero-order valence-corrected chi connectivity index (χ0v) is 21.8. The SMILES string of the molecule is CCOc1cc(CN(CCCCc2ccccc2)C(=O)NC2(C(=O)O)CCCC2)cc(OCC)c1C. The number of carbonyl (C=O) groups is 2. The molecule has 2 aromatic rings. The zero-order chi connectivity index (χ0) is 26.0. The van der Waals surface area contributed by atoms with E-state index in [1.807, 2.05) is 51.1 Å². The number of unbranched alkanes of at least 4 members (excludes halogenated alkanes) is 1. The molecular weight excluding hydrogens is 456 g/mol. The second-order valence-electron chi connectivity index (χ2n) is 9.47. The molecule has 1 aliphatic carbocycles. The highest BCUT2D eigenvalue weighted by Gasteiger charge is 2.43. The lowest BCUT2D eigenvalue weighted by atomic mass is 9.98. The number of aliphatic carboxylic acids is 1. The minimum absolute atomic E-state index is 0.337. The van der Waals surface area contributed by atoms with Gasteiger partial charge in [0.1, 0.15) is 17.0 Å². The summed E-state index contributed by atoms with van der Waals surface area (Å²) in [6, 6.07) is 13.9. The molecule has 0 aliphatic heterocycles. The molecule has 1 saturated carbocycles. The Morgan fingerprint density at radius 1 is 0.972 bits per heavy atom. The number of nitrogens with one attached hydrogen (secondary N) is 1. The van der Waals surface area contributed by atoms with E-state index in [9.17, 15) is 14.7 Å². The summed E-state index contributed by atoms with van der Waals surface area (Å²) in [6.45, 7) is 7.76. The first kappa shape index (κ1) is 27.4. The summed E-state index contributed by atoms with van der Waals surface area (Å²) >= 11 is 0. The van der Waals surface area contributed by atoms with Crippen LogP contribution in [0.25, 0.3) is 0 Å². The van der Waals surface area contributed by atoms with Gasteiger partial charge in [0.05, 0.1) is 13.2 Å². The second kappa shape index (κ2) is 13.2.